The van der Waals surface area contributed by atoms with E-state index in [9.17, 15) is 23.6 Å². The molecule has 3 rings (SSSR count). The Morgan fingerprint density at radius 3 is 1.86 bits per heavy atom. The summed E-state index contributed by atoms with van der Waals surface area (Å²) >= 11 is 0. The molecule has 6 N–H and O–H groups in total. The van der Waals surface area contributed by atoms with E-state index in [0.29, 0.717) is 24.9 Å². The second kappa shape index (κ2) is 15.1. The Labute approximate surface area is 255 Å². The van der Waals surface area contributed by atoms with E-state index in [1.807, 2.05) is 36.4 Å². The number of aliphatic hydroxyl groups is 1. The highest BCUT2D eigenvalue weighted by atomic mass is 19.1. The quantitative estimate of drug-likeness (QED) is 0.192. The second-order valence-corrected chi connectivity index (χ2v) is 12.3. The molecule has 2 aromatic carbocycles. The van der Waals surface area contributed by atoms with Crippen molar-refractivity contribution in [2.45, 2.75) is 89.2 Å². The number of ether oxygens (including phenoxy) is 1. The average molecular weight is 621 g/mol. The van der Waals surface area contributed by atoms with Crippen LogP contribution in [-0.4, -0.2) is 83.6 Å². The highest BCUT2D eigenvalue weighted by Gasteiger charge is 2.41. The van der Waals surface area contributed by atoms with Gasteiger partial charge in [-0.25, -0.2) is 14.0 Å². The number of halogens is 1. The summed E-state index contributed by atoms with van der Waals surface area (Å²) in [5, 5.41) is 46.6. The van der Waals surface area contributed by atoms with Crippen molar-refractivity contribution in [1.82, 2.24) is 10.2 Å². The van der Waals surface area contributed by atoms with Crippen LogP contribution < -0.4 is 10.1 Å². The van der Waals surface area contributed by atoms with E-state index >= 15 is 0 Å². The van der Waals surface area contributed by atoms with E-state index in [1.54, 1.807) is 0 Å². The molecule has 0 atom stereocenters. The van der Waals surface area contributed by atoms with E-state index in [1.165, 1.54) is 12.1 Å². The zero-order valence-electron chi connectivity index (χ0n) is 25.2. The number of rotatable bonds is 13. The van der Waals surface area contributed by atoms with E-state index in [4.69, 9.17) is 30.3 Å². The topological polar surface area (TPSA) is 194 Å². The molecule has 2 aromatic rings. The third-order valence-corrected chi connectivity index (χ3v) is 6.97. The summed E-state index contributed by atoms with van der Waals surface area (Å²) in [5.74, 6) is -5.68. The first-order chi connectivity index (χ1) is 20.3. The fraction of sp³-hybridized carbons (Fsp3) is 0.484. The maximum atomic E-state index is 13.4. The fourth-order valence-electron chi connectivity index (χ4n) is 5.51. The predicted molar refractivity (Wildman–Crippen MR) is 157 cm³/mol. The Morgan fingerprint density at radius 2 is 1.39 bits per heavy atom. The third-order valence-electron chi connectivity index (χ3n) is 6.97. The zero-order valence-corrected chi connectivity index (χ0v) is 25.2. The van der Waals surface area contributed by atoms with Gasteiger partial charge in [0.2, 0.25) is 0 Å². The van der Waals surface area contributed by atoms with Gasteiger partial charge in [0, 0.05) is 35.8 Å². The largest absolute Gasteiger partial charge is 0.482 e. The van der Waals surface area contributed by atoms with Crippen LogP contribution in [0.3, 0.4) is 0 Å². The van der Waals surface area contributed by atoms with Gasteiger partial charge >= 0.3 is 23.9 Å². The highest BCUT2D eigenvalue weighted by Crippen LogP contribution is 2.34. The van der Waals surface area contributed by atoms with Gasteiger partial charge in [0.15, 0.2) is 12.2 Å². The van der Waals surface area contributed by atoms with Gasteiger partial charge < -0.3 is 35.6 Å². The van der Waals surface area contributed by atoms with Crippen LogP contribution in [0.15, 0.2) is 48.5 Å². The van der Waals surface area contributed by atoms with Crippen molar-refractivity contribution >= 4 is 23.9 Å². The summed E-state index contributed by atoms with van der Waals surface area (Å²) in [6.07, 6.45) is -0.352. The number of carboxylic acids is 4. The lowest BCUT2D eigenvalue weighted by Gasteiger charge is -2.50. The van der Waals surface area contributed by atoms with Crippen molar-refractivity contribution in [3.8, 4) is 5.75 Å². The first kappa shape index (κ1) is 36.1. The molecule has 0 radical (unpaired) electrons. The molecule has 1 heterocycles. The lowest BCUT2D eigenvalue weighted by molar-refractivity contribution is -0.170. The number of nitrogens with zero attached hydrogens (tertiary/aromatic N) is 1. The molecular weight excluding hydrogens is 579 g/mol. The summed E-state index contributed by atoms with van der Waals surface area (Å²) in [6.45, 7) is 9.81. The molecule has 242 valence electrons. The standard InChI is InChI=1S/C25H33FN2O3.C6H8O7/c1-24(2)13-21(14-25(3,4)27-24)28(15-18-9-11-20(26)12-10-18)16-19-7-5-6-8-22(19)31-17-23(29)30;7-3(8)1-6(13,5(11)12)2-4(9)10/h5-12,21,27H,13-17H2,1-4H3,(H,29,30);13H,1-2H2,(H,7,8)(H,9,10)(H,11,12). The summed E-state index contributed by atoms with van der Waals surface area (Å²) in [7, 11) is 0. The Balaban J connectivity index is 0.000000439. The number of para-hydroxylation sites is 1. The smallest absolute Gasteiger partial charge is 0.341 e. The number of benzene rings is 2. The molecule has 0 aromatic heterocycles. The van der Waals surface area contributed by atoms with Gasteiger partial charge in [0.1, 0.15) is 11.6 Å². The first-order valence-corrected chi connectivity index (χ1v) is 13.9. The Hall–Kier alpha value is -4.07. The minimum Gasteiger partial charge on any atom is -0.482 e. The molecule has 0 amide bonds. The molecule has 13 heteroatoms. The normalized spacial score (nSPS) is 16.0. The molecule has 1 saturated heterocycles. The van der Waals surface area contributed by atoms with Crippen LogP contribution in [-0.2, 0) is 32.3 Å². The van der Waals surface area contributed by atoms with Gasteiger partial charge in [-0.1, -0.05) is 30.3 Å². The Morgan fingerprint density at radius 1 is 0.864 bits per heavy atom. The second-order valence-electron chi connectivity index (χ2n) is 12.3. The molecule has 12 nitrogen and oxygen atoms in total. The predicted octanol–water partition coefficient (Wildman–Crippen LogP) is 3.35. The molecule has 0 unspecified atom stereocenters. The van der Waals surface area contributed by atoms with Crippen LogP contribution in [0.1, 0.15) is 64.5 Å². The van der Waals surface area contributed by atoms with Crippen LogP contribution in [0.5, 0.6) is 5.75 Å². The average Bonchev–Trinajstić information content (AvgIpc) is 2.86. The van der Waals surface area contributed by atoms with Crippen molar-refractivity contribution in [2.24, 2.45) is 0 Å². The van der Waals surface area contributed by atoms with Crippen LogP contribution in [0, 0.1) is 5.82 Å². The van der Waals surface area contributed by atoms with Gasteiger partial charge in [-0.05, 0) is 64.3 Å². The van der Waals surface area contributed by atoms with Crippen LogP contribution in [0.2, 0.25) is 0 Å². The zero-order chi connectivity index (χ0) is 33.3. The Kier molecular flexibility index (Phi) is 12.4. The molecule has 44 heavy (non-hydrogen) atoms. The van der Waals surface area contributed by atoms with Gasteiger partial charge in [0.25, 0.3) is 0 Å². The number of carbonyl (C=O) groups is 4. The monoisotopic (exact) mass is 620 g/mol. The molecule has 1 fully saturated rings. The lowest BCUT2D eigenvalue weighted by Crippen LogP contribution is -2.62. The van der Waals surface area contributed by atoms with E-state index in [2.05, 4.69) is 37.9 Å². The van der Waals surface area contributed by atoms with Crippen molar-refractivity contribution in [3.63, 3.8) is 0 Å². The number of carboxylic acid groups (broad SMARTS) is 4. The van der Waals surface area contributed by atoms with Crippen LogP contribution in [0.4, 0.5) is 4.39 Å². The molecule has 0 spiro atoms. The summed E-state index contributed by atoms with van der Waals surface area (Å²) < 4.78 is 19.0. The van der Waals surface area contributed by atoms with Gasteiger partial charge in [-0.15, -0.1) is 0 Å². The van der Waals surface area contributed by atoms with Crippen molar-refractivity contribution in [1.29, 1.82) is 0 Å². The molecule has 1 aliphatic rings. The number of aliphatic carboxylic acids is 4. The first-order valence-electron chi connectivity index (χ1n) is 13.9. The van der Waals surface area contributed by atoms with Gasteiger partial charge in [-0.2, -0.15) is 0 Å². The summed E-state index contributed by atoms with van der Waals surface area (Å²) in [5.41, 5.74) is -0.795. The number of hydrogen-bond donors (Lipinski definition) is 6. The van der Waals surface area contributed by atoms with Crippen LogP contribution >= 0.6 is 0 Å². The number of hydrogen-bond acceptors (Lipinski definition) is 8. The van der Waals surface area contributed by atoms with E-state index in [-0.39, 0.29) is 23.5 Å². The lowest BCUT2D eigenvalue weighted by atomic mass is 9.78. The SMILES string of the molecule is CC1(C)CC(N(Cc2ccc(F)cc2)Cc2ccccc2OCC(=O)O)CC(C)(C)N1.O=C(O)CC(O)(CC(=O)O)C(=O)O. The van der Waals surface area contributed by atoms with Gasteiger partial charge in [0.05, 0.1) is 12.8 Å². The molecule has 0 aliphatic carbocycles. The van der Waals surface area contributed by atoms with Crippen LogP contribution in [0.25, 0.3) is 0 Å². The minimum atomic E-state index is -2.74. The number of piperidine rings is 1. The van der Waals surface area contributed by atoms with Crippen molar-refractivity contribution in [2.75, 3.05) is 6.61 Å². The Bertz CT molecular complexity index is 1280. The summed E-state index contributed by atoms with van der Waals surface area (Å²) in [6, 6.07) is 14.5. The summed E-state index contributed by atoms with van der Waals surface area (Å²) in [4.78, 5) is 43.9. The minimum absolute atomic E-state index is 0.0210. The van der Waals surface area contributed by atoms with Crippen molar-refractivity contribution < 1.29 is 53.8 Å². The molecule has 1 aliphatic heterocycles. The molecule has 0 bridgehead atoms. The molecular formula is C31H41FN2O10. The van der Waals surface area contributed by atoms with E-state index in [0.717, 1.165) is 24.0 Å². The third kappa shape index (κ3) is 11.9. The fourth-order valence-corrected chi connectivity index (χ4v) is 5.51. The maximum Gasteiger partial charge on any atom is 0.341 e. The number of nitrogens with one attached hydrogen (secondary N) is 1. The molecule has 0 saturated carbocycles. The maximum absolute atomic E-state index is 13.4. The van der Waals surface area contributed by atoms with Crippen molar-refractivity contribution in [3.05, 3.63) is 65.5 Å². The van der Waals surface area contributed by atoms with E-state index < -0.39 is 42.3 Å². The highest BCUT2D eigenvalue weighted by molar-refractivity contribution is 5.88. The van der Waals surface area contributed by atoms with Gasteiger partial charge in [-0.3, -0.25) is 14.5 Å².